The molecule has 29 heavy (non-hydrogen) atoms. The zero-order valence-electron chi connectivity index (χ0n) is 17.1. The lowest BCUT2D eigenvalue weighted by atomic mass is 9.96. The monoisotopic (exact) mass is 400 g/mol. The predicted octanol–water partition coefficient (Wildman–Crippen LogP) is 2.22. The number of ether oxygens (including phenoxy) is 2. The van der Waals surface area contributed by atoms with Gasteiger partial charge in [0.25, 0.3) is 0 Å². The van der Waals surface area contributed by atoms with Crippen LogP contribution in [0.5, 0.6) is 5.88 Å². The molecule has 9 heteroatoms. The number of nitrogens with one attached hydrogen (secondary N) is 1. The molecule has 1 N–H and O–H groups in total. The molecule has 1 aliphatic heterocycles. The van der Waals surface area contributed by atoms with E-state index in [9.17, 15) is 4.79 Å². The number of rotatable bonds is 5. The van der Waals surface area contributed by atoms with Crippen LogP contribution >= 0.6 is 0 Å². The molecule has 0 bridgehead atoms. The van der Waals surface area contributed by atoms with E-state index < -0.39 is 0 Å². The van der Waals surface area contributed by atoms with Gasteiger partial charge in [0, 0.05) is 25.4 Å². The summed E-state index contributed by atoms with van der Waals surface area (Å²) in [6.45, 7) is 5.64. The Kier molecular flexibility index (Phi) is 7.18. The molecule has 0 radical (unpaired) electrons. The molecule has 1 saturated carbocycles. The van der Waals surface area contributed by atoms with Crippen LogP contribution in [0.15, 0.2) is 30.9 Å². The first-order valence-corrected chi connectivity index (χ1v) is 9.89. The SMILES string of the molecule is CC1CO1.CCNC=O.Cn1cc(-c2cn3nccc3c(OC3CCC3)n2)cn1. The van der Waals surface area contributed by atoms with Gasteiger partial charge in [-0.15, -0.1) is 0 Å². The molecular formula is C20H28N6O3. The number of hydrogen-bond acceptors (Lipinski definition) is 6. The number of amides is 1. The quantitative estimate of drug-likeness (QED) is 0.521. The molecule has 156 valence electrons. The van der Waals surface area contributed by atoms with E-state index in [0.717, 1.165) is 42.8 Å². The van der Waals surface area contributed by atoms with Gasteiger partial charge in [0.2, 0.25) is 12.3 Å². The van der Waals surface area contributed by atoms with E-state index in [-0.39, 0.29) is 0 Å². The van der Waals surface area contributed by atoms with E-state index in [1.807, 2.05) is 36.9 Å². The molecule has 1 atom stereocenters. The van der Waals surface area contributed by atoms with Gasteiger partial charge in [-0.2, -0.15) is 10.2 Å². The lowest BCUT2D eigenvalue weighted by molar-refractivity contribution is -0.109. The summed E-state index contributed by atoms with van der Waals surface area (Å²) in [6.07, 6.45) is 12.4. The molecular weight excluding hydrogens is 372 g/mol. The lowest BCUT2D eigenvalue weighted by Crippen LogP contribution is -2.25. The van der Waals surface area contributed by atoms with E-state index in [1.54, 1.807) is 17.1 Å². The Labute approximate surface area is 170 Å². The Morgan fingerprint density at radius 1 is 1.34 bits per heavy atom. The molecule has 1 aliphatic carbocycles. The minimum absolute atomic E-state index is 0.297. The average molecular weight is 400 g/mol. The number of epoxide rings is 1. The first kappa shape index (κ1) is 20.8. The summed E-state index contributed by atoms with van der Waals surface area (Å²) in [6, 6.07) is 1.92. The maximum Gasteiger partial charge on any atom is 0.240 e. The second-order valence-electron chi connectivity index (χ2n) is 6.99. The van der Waals surface area contributed by atoms with Crippen molar-refractivity contribution in [3.8, 4) is 17.1 Å². The average Bonchev–Trinajstić information content (AvgIpc) is 3.14. The molecule has 1 unspecified atom stereocenters. The van der Waals surface area contributed by atoms with Gasteiger partial charge >= 0.3 is 0 Å². The van der Waals surface area contributed by atoms with Gasteiger partial charge in [-0.05, 0) is 39.2 Å². The van der Waals surface area contributed by atoms with Crippen molar-refractivity contribution >= 4 is 11.9 Å². The van der Waals surface area contributed by atoms with Crippen molar-refractivity contribution in [3.05, 3.63) is 30.9 Å². The van der Waals surface area contributed by atoms with Gasteiger partial charge in [-0.25, -0.2) is 9.50 Å². The van der Waals surface area contributed by atoms with Gasteiger partial charge < -0.3 is 14.8 Å². The zero-order chi connectivity index (χ0) is 20.6. The van der Waals surface area contributed by atoms with Crippen LogP contribution in [0.25, 0.3) is 16.8 Å². The molecule has 0 spiro atoms. The number of carbonyl (C=O) groups is 1. The van der Waals surface area contributed by atoms with Crippen LogP contribution in [0, 0.1) is 0 Å². The normalized spacial score (nSPS) is 17.3. The van der Waals surface area contributed by atoms with Crippen LogP contribution < -0.4 is 10.1 Å². The number of fused-ring (bicyclic) bond motifs is 1. The van der Waals surface area contributed by atoms with Crippen molar-refractivity contribution in [2.45, 2.75) is 45.3 Å². The fourth-order valence-corrected chi connectivity index (χ4v) is 2.50. The summed E-state index contributed by atoms with van der Waals surface area (Å²) in [5.41, 5.74) is 2.69. The Balaban J connectivity index is 0.000000223. The summed E-state index contributed by atoms with van der Waals surface area (Å²) < 4.78 is 14.3. The fourth-order valence-electron chi connectivity index (χ4n) is 2.50. The number of nitrogens with zero attached hydrogens (tertiary/aromatic N) is 5. The first-order chi connectivity index (χ1) is 14.1. The molecule has 5 rings (SSSR count). The van der Waals surface area contributed by atoms with Crippen LogP contribution in [0.4, 0.5) is 0 Å². The van der Waals surface area contributed by atoms with Gasteiger partial charge in [0.15, 0.2) is 0 Å². The Morgan fingerprint density at radius 2 is 2.10 bits per heavy atom. The molecule has 1 amide bonds. The Bertz CT molecular complexity index is 914. The van der Waals surface area contributed by atoms with E-state index in [0.29, 0.717) is 24.5 Å². The maximum absolute atomic E-state index is 9.29. The largest absolute Gasteiger partial charge is 0.473 e. The molecule has 4 heterocycles. The fraction of sp³-hybridized carbons (Fsp3) is 0.500. The minimum Gasteiger partial charge on any atom is -0.473 e. The standard InChI is InChI=1S/C14H15N5O.C3H7NO.C3H6O/c1-18-8-10(7-16-18)12-9-19-13(5-6-15-19)14(17-12)20-11-3-2-4-11;1-2-4-3-5;1-3-2-4-3/h5-9,11H,2-4H2,1H3;3H,2H2,1H3,(H,4,5);3H,2H2,1H3. The van der Waals surface area contributed by atoms with E-state index in [2.05, 4.69) is 27.4 Å². The highest BCUT2D eigenvalue weighted by atomic mass is 16.6. The van der Waals surface area contributed by atoms with Crippen molar-refractivity contribution in [2.24, 2.45) is 7.05 Å². The smallest absolute Gasteiger partial charge is 0.240 e. The molecule has 2 fully saturated rings. The topological polar surface area (TPSA) is 98.9 Å². The summed E-state index contributed by atoms with van der Waals surface area (Å²) in [5.74, 6) is 0.661. The van der Waals surface area contributed by atoms with Crippen LogP contribution in [-0.4, -0.2) is 56.1 Å². The molecule has 3 aromatic rings. The first-order valence-electron chi connectivity index (χ1n) is 9.89. The minimum atomic E-state index is 0.297. The summed E-state index contributed by atoms with van der Waals surface area (Å²) in [7, 11) is 1.89. The maximum atomic E-state index is 9.29. The highest BCUT2D eigenvalue weighted by Crippen LogP contribution is 2.29. The van der Waals surface area contributed by atoms with Crippen LogP contribution in [0.1, 0.15) is 33.1 Å². The predicted molar refractivity (Wildman–Crippen MR) is 109 cm³/mol. The second kappa shape index (κ2) is 10.0. The van der Waals surface area contributed by atoms with Gasteiger partial charge in [-0.1, -0.05) is 0 Å². The summed E-state index contributed by atoms with van der Waals surface area (Å²) in [5, 5.41) is 10.9. The third-order valence-corrected chi connectivity index (χ3v) is 4.47. The van der Waals surface area contributed by atoms with Crippen molar-refractivity contribution in [1.29, 1.82) is 0 Å². The van der Waals surface area contributed by atoms with E-state index >= 15 is 0 Å². The van der Waals surface area contributed by atoms with Crippen molar-refractivity contribution in [3.63, 3.8) is 0 Å². The third kappa shape index (κ3) is 6.02. The number of aryl methyl sites for hydroxylation is 1. The highest BCUT2D eigenvalue weighted by molar-refractivity contribution is 5.63. The lowest BCUT2D eigenvalue weighted by Gasteiger charge is -2.26. The van der Waals surface area contributed by atoms with Gasteiger partial charge in [-0.3, -0.25) is 9.48 Å². The van der Waals surface area contributed by atoms with Crippen molar-refractivity contribution < 1.29 is 14.3 Å². The van der Waals surface area contributed by atoms with Gasteiger partial charge in [0.1, 0.15) is 11.6 Å². The molecule has 3 aromatic heterocycles. The number of aromatic nitrogens is 5. The van der Waals surface area contributed by atoms with Gasteiger partial charge in [0.05, 0.1) is 37.0 Å². The number of hydrogen-bond donors (Lipinski definition) is 1. The van der Waals surface area contributed by atoms with Crippen molar-refractivity contribution in [1.82, 2.24) is 29.7 Å². The van der Waals surface area contributed by atoms with Crippen LogP contribution in [0.3, 0.4) is 0 Å². The van der Waals surface area contributed by atoms with Crippen LogP contribution in [-0.2, 0) is 16.6 Å². The molecule has 1 saturated heterocycles. The highest BCUT2D eigenvalue weighted by Gasteiger charge is 2.21. The van der Waals surface area contributed by atoms with Crippen molar-refractivity contribution in [2.75, 3.05) is 13.2 Å². The summed E-state index contributed by atoms with van der Waals surface area (Å²) in [4.78, 5) is 13.9. The molecule has 9 nitrogen and oxygen atoms in total. The van der Waals surface area contributed by atoms with Crippen LogP contribution in [0.2, 0.25) is 0 Å². The van der Waals surface area contributed by atoms with E-state index in [1.165, 1.54) is 6.42 Å². The zero-order valence-corrected chi connectivity index (χ0v) is 17.1. The molecule has 0 aromatic carbocycles. The summed E-state index contributed by atoms with van der Waals surface area (Å²) >= 11 is 0. The second-order valence-corrected chi connectivity index (χ2v) is 6.99. The Morgan fingerprint density at radius 3 is 2.59 bits per heavy atom. The Hall–Kier alpha value is -2.94. The molecule has 2 aliphatic rings. The van der Waals surface area contributed by atoms with E-state index in [4.69, 9.17) is 9.47 Å². The number of carbonyl (C=O) groups excluding carboxylic acids is 1. The third-order valence-electron chi connectivity index (χ3n) is 4.47.